The number of amides is 4. The predicted octanol–water partition coefficient (Wildman–Crippen LogP) is -6.76. The molecule has 0 radical (unpaired) electrons. The number of hydrogen-bond donors (Lipinski definition) is 14. The Hall–Kier alpha value is -1.86. The van der Waals surface area contributed by atoms with Crippen molar-refractivity contribution < 1.29 is 60.7 Å². The molecule has 0 heterocycles. The lowest BCUT2D eigenvalue weighted by Gasteiger charge is -2.25. The lowest BCUT2D eigenvalue weighted by Crippen LogP contribution is -2.51. The van der Waals surface area contributed by atoms with E-state index in [4.69, 9.17) is 10.2 Å². The minimum atomic E-state index is -1.80. The van der Waals surface area contributed by atoms with E-state index in [9.17, 15) is 50.4 Å². The fourth-order valence-electron chi connectivity index (χ4n) is 2.54. The summed E-state index contributed by atoms with van der Waals surface area (Å²) in [6, 6.07) is -1.34. The predicted molar refractivity (Wildman–Crippen MR) is 114 cm³/mol. The third kappa shape index (κ3) is 12.6. The smallest absolute Gasteiger partial charge is 0.314 e. The molecule has 4 amide bonds. The third-order valence-corrected chi connectivity index (χ3v) is 4.77. The van der Waals surface area contributed by atoms with Crippen molar-refractivity contribution in [3.63, 3.8) is 0 Å². The van der Waals surface area contributed by atoms with Gasteiger partial charge in [0.2, 0.25) is 0 Å². The Balaban J connectivity index is 3.92. The standard InChI is InChI=1S/C18H38N4O12/c23-7-11(27)15(31)13(29)9(25)5-21-17(33)19-3-1-2-4-20-18(34)22-6-10(26)14(30)16(32)12(28)8-24/h9-16,23-32H,1-8H2,(H2,19,21,33)(H2,20,22,34)/t9-,10-,11+,12+,13+,14+,15+,16+/m0/s1. The van der Waals surface area contributed by atoms with Gasteiger partial charge < -0.3 is 72.3 Å². The van der Waals surface area contributed by atoms with Crippen LogP contribution in [0.5, 0.6) is 0 Å². The summed E-state index contributed by atoms with van der Waals surface area (Å²) in [5.74, 6) is 0. The normalized spacial score (nSPS) is 18.5. The number of aliphatic hydroxyl groups is 10. The Labute approximate surface area is 195 Å². The van der Waals surface area contributed by atoms with Gasteiger partial charge in [0, 0.05) is 26.2 Å². The van der Waals surface area contributed by atoms with Crippen molar-refractivity contribution in [1.82, 2.24) is 21.3 Å². The van der Waals surface area contributed by atoms with Crippen LogP contribution in [0.25, 0.3) is 0 Å². The highest BCUT2D eigenvalue weighted by atomic mass is 16.4. The highest BCUT2D eigenvalue weighted by Crippen LogP contribution is 2.05. The van der Waals surface area contributed by atoms with Crippen molar-refractivity contribution in [3.8, 4) is 0 Å². The maximum absolute atomic E-state index is 11.6. The van der Waals surface area contributed by atoms with E-state index in [1.165, 1.54) is 0 Å². The van der Waals surface area contributed by atoms with Gasteiger partial charge in [-0.25, -0.2) is 9.59 Å². The molecule has 16 nitrogen and oxygen atoms in total. The van der Waals surface area contributed by atoms with Crippen LogP contribution in [0, 0.1) is 0 Å². The van der Waals surface area contributed by atoms with Gasteiger partial charge >= 0.3 is 12.1 Å². The van der Waals surface area contributed by atoms with Gasteiger partial charge in [-0.05, 0) is 12.8 Å². The van der Waals surface area contributed by atoms with E-state index in [2.05, 4.69) is 21.3 Å². The molecule has 0 unspecified atom stereocenters. The molecule has 0 aromatic heterocycles. The molecule has 0 aromatic carbocycles. The largest absolute Gasteiger partial charge is 0.394 e. The topological polar surface area (TPSA) is 285 Å². The molecule has 8 atom stereocenters. The zero-order chi connectivity index (χ0) is 26.3. The second kappa shape index (κ2) is 17.6. The van der Waals surface area contributed by atoms with E-state index < -0.39 is 87.2 Å². The van der Waals surface area contributed by atoms with Crippen LogP contribution in [0.2, 0.25) is 0 Å². The quantitative estimate of drug-likeness (QED) is 0.0826. The zero-order valence-corrected chi connectivity index (χ0v) is 18.6. The molecule has 0 saturated carbocycles. The van der Waals surface area contributed by atoms with E-state index in [0.29, 0.717) is 12.8 Å². The molecule has 0 saturated heterocycles. The number of carbonyl (C=O) groups is 2. The van der Waals surface area contributed by atoms with E-state index in [1.54, 1.807) is 0 Å². The maximum atomic E-state index is 11.6. The molecule has 0 aliphatic heterocycles. The van der Waals surface area contributed by atoms with Crippen LogP contribution in [-0.4, -0.2) is 151 Å². The molecule has 34 heavy (non-hydrogen) atoms. The second-order valence-corrected chi connectivity index (χ2v) is 7.58. The van der Waals surface area contributed by atoms with Gasteiger partial charge in [-0.3, -0.25) is 0 Å². The van der Waals surface area contributed by atoms with Crippen LogP contribution in [0.4, 0.5) is 9.59 Å². The average Bonchev–Trinajstić information content (AvgIpc) is 2.84. The SMILES string of the molecule is O=C(NCCCCNC(=O)NC[C@H](O)[C@@H](O)[C@H](O)[C@H](O)CO)NC[C@H](O)[C@@H](O)[C@H](O)[C@H](O)CO. The van der Waals surface area contributed by atoms with Gasteiger partial charge in [0.1, 0.15) is 36.6 Å². The molecule has 0 aliphatic rings. The Morgan fingerprint density at radius 3 is 1.09 bits per heavy atom. The van der Waals surface area contributed by atoms with Crippen LogP contribution >= 0.6 is 0 Å². The number of unbranched alkanes of at least 4 members (excludes halogenated alkanes) is 1. The summed E-state index contributed by atoms with van der Waals surface area (Å²) < 4.78 is 0. The van der Waals surface area contributed by atoms with E-state index in [1.807, 2.05) is 0 Å². The van der Waals surface area contributed by atoms with Crippen molar-refractivity contribution in [2.24, 2.45) is 0 Å². The fourth-order valence-corrected chi connectivity index (χ4v) is 2.54. The summed E-state index contributed by atoms with van der Waals surface area (Å²) in [5, 5.41) is 103. The Morgan fingerprint density at radius 1 is 0.500 bits per heavy atom. The van der Waals surface area contributed by atoms with Gasteiger partial charge in [-0.2, -0.15) is 0 Å². The zero-order valence-electron chi connectivity index (χ0n) is 18.6. The number of hydrogen-bond acceptors (Lipinski definition) is 12. The first-order valence-corrected chi connectivity index (χ1v) is 10.7. The molecule has 0 bridgehead atoms. The third-order valence-electron chi connectivity index (χ3n) is 4.77. The molecule has 202 valence electrons. The van der Waals surface area contributed by atoms with Crippen LogP contribution in [0.3, 0.4) is 0 Å². The van der Waals surface area contributed by atoms with Crippen LogP contribution < -0.4 is 21.3 Å². The first-order chi connectivity index (χ1) is 16.0. The molecule has 14 N–H and O–H groups in total. The molecule has 0 aromatic rings. The number of rotatable bonds is 17. The first kappa shape index (κ1) is 32.1. The molecular formula is C18H38N4O12. The monoisotopic (exact) mass is 502 g/mol. The molecule has 0 aliphatic carbocycles. The van der Waals surface area contributed by atoms with Crippen molar-refractivity contribution in [2.75, 3.05) is 39.4 Å². The van der Waals surface area contributed by atoms with Crippen molar-refractivity contribution in [2.45, 2.75) is 61.7 Å². The van der Waals surface area contributed by atoms with E-state index >= 15 is 0 Å². The van der Waals surface area contributed by atoms with Crippen molar-refractivity contribution >= 4 is 12.1 Å². The highest BCUT2D eigenvalue weighted by Gasteiger charge is 2.31. The molecule has 0 fully saturated rings. The number of aliphatic hydroxyl groups excluding tert-OH is 10. The second-order valence-electron chi connectivity index (χ2n) is 7.58. The minimum absolute atomic E-state index is 0.204. The maximum Gasteiger partial charge on any atom is 0.314 e. The Bertz CT molecular complexity index is 527. The number of nitrogens with one attached hydrogen (secondary N) is 4. The summed E-state index contributed by atoms with van der Waals surface area (Å²) in [7, 11) is 0. The summed E-state index contributed by atoms with van der Waals surface area (Å²) in [6.45, 7) is -2.09. The van der Waals surface area contributed by atoms with E-state index in [0.717, 1.165) is 0 Å². The Morgan fingerprint density at radius 2 is 0.794 bits per heavy atom. The number of urea groups is 2. The summed E-state index contributed by atoms with van der Waals surface area (Å²) in [5.41, 5.74) is 0. The Kier molecular flexibility index (Phi) is 16.6. The van der Waals surface area contributed by atoms with Gasteiger partial charge in [-0.1, -0.05) is 0 Å². The summed E-state index contributed by atoms with van der Waals surface area (Å²) in [6.07, 6.45) is -12.8. The summed E-state index contributed by atoms with van der Waals surface area (Å²) in [4.78, 5) is 23.3. The fraction of sp³-hybridized carbons (Fsp3) is 0.889. The van der Waals surface area contributed by atoms with Crippen molar-refractivity contribution in [1.29, 1.82) is 0 Å². The highest BCUT2D eigenvalue weighted by molar-refractivity contribution is 5.74. The first-order valence-electron chi connectivity index (χ1n) is 10.7. The minimum Gasteiger partial charge on any atom is -0.394 e. The molecule has 16 heteroatoms. The van der Waals surface area contributed by atoms with Gasteiger partial charge in [-0.15, -0.1) is 0 Å². The molecular weight excluding hydrogens is 464 g/mol. The lowest BCUT2D eigenvalue weighted by atomic mass is 10.0. The van der Waals surface area contributed by atoms with Gasteiger partial charge in [0.15, 0.2) is 0 Å². The average molecular weight is 503 g/mol. The van der Waals surface area contributed by atoms with Crippen LogP contribution in [0.15, 0.2) is 0 Å². The van der Waals surface area contributed by atoms with Gasteiger partial charge in [0.05, 0.1) is 25.4 Å². The molecule has 0 spiro atoms. The van der Waals surface area contributed by atoms with Crippen LogP contribution in [0.1, 0.15) is 12.8 Å². The van der Waals surface area contributed by atoms with E-state index in [-0.39, 0.29) is 13.1 Å². The van der Waals surface area contributed by atoms with Gasteiger partial charge in [0.25, 0.3) is 0 Å². The lowest BCUT2D eigenvalue weighted by molar-refractivity contribution is -0.113. The molecule has 0 rings (SSSR count). The summed E-state index contributed by atoms with van der Waals surface area (Å²) >= 11 is 0. The number of carbonyl (C=O) groups excluding carboxylic acids is 2. The van der Waals surface area contributed by atoms with Crippen LogP contribution in [-0.2, 0) is 0 Å². The van der Waals surface area contributed by atoms with Crippen molar-refractivity contribution in [3.05, 3.63) is 0 Å².